The summed E-state index contributed by atoms with van der Waals surface area (Å²) in [5.41, 5.74) is 17.7. The minimum absolute atomic E-state index is 0. The molecular formula is C101H116F2N8O25S7. The molecule has 3 aliphatic rings. The normalized spacial score (nSPS) is 13.4. The molecule has 0 saturated heterocycles. The van der Waals surface area contributed by atoms with E-state index in [1.807, 2.05) is 71.9 Å². The van der Waals surface area contributed by atoms with Crippen molar-refractivity contribution in [2.75, 3.05) is 53.1 Å². The van der Waals surface area contributed by atoms with Crippen molar-refractivity contribution in [2.24, 2.45) is 4.99 Å². The zero-order chi connectivity index (χ0) is 106. The predicted molar refractivity (Wildman–Crippen MR) is 560 cm³/mol. The second kappa shape index (κ2) is 59.1. The maximum Gasteiger partial charge on any atom is 0.394 e. The van der Waals surface area contributed by atoms with Crippen LogP contribution >= 0.6 is 69.8 Å². The van der Waals surface area contributed by atoms with Gasteiger partial charge in [0.15, 0.2) is 30.4 Å². The van der Waals surface area contributed by atoms with E-state index in [2.05, 4.69) is 123 Å². The number of aryl methyl sites for hydroxylation is 6. The number of rotatable bonds is 18. The molecule has 143 heavy (non-hydrogen) atoms. The van der Waals surface area contributed by atoms with E-state index in [0.717, 1.165) is 114 Å². The first-order valence-corrected chi connectivity index (χ1v) is 48.9. The maximum atomic E-state index is 14.2. The molecule has 2 unspecified atom stereocenters. The molecule has 8 aromatic carbocycles. The number of isothiocyanates is 1. The molecule has 2 aliphatic carbocycles. The number of halogens is 2. The Morgan fingerprint density at radius 1 is 0.601 bits per heavy atom. The number of thiocarbonyl (C=S) groups is 2. The first kappa shape index (κ1) is 122. The second-order valence-corrected chi connectivity index (χ2v) is 38.5. The van der Waals surface area contributed by atoms with Crippen molar-refractivity contribution in [3.8, 4) is 5.19 Å². The summed E-state index contributed by atoms with van der Waals surface area (Å²) in [5.74, 6) is -3.11. The minimum atomic E-state index is -4.67. The lowest BCUT2D eigenvalue weighted by molar-refractivity contribution is -0.148. The number of carboxylic acid groups (broad SMARTS) is 1. The molecule has 0 spiro atoms. The van der Waals surface area contributed by atoms with Crippen LogP contribution in [0.15, 0.2) is 188 Å². The number of aldehydes is 3. The number of aliphatic carboxylic acids is 1. The Labute approximate surface area is 851 Å². The number of methoxy groups -OCH3 is 2. The average Bonchev–Trinajstić information content (AvgIpc) is 1.67. The van der Waals surface area contributed by atoms with Crippen molar-refractivity contribution in [1.82, 2.24) is 31.4 Å². The number of nitrogens with zero attached hydrogens (tertiary/aromatic N) is 2. The highest BCUT2D eigenvalue weighted by molar-refractivity contribution is 7.80. The van der Waals surface area contributed by atoms with E-state index >= 15 is 0 Å². The molecule has 0 amide bonds. The number of dihydropyridines is 1. The Morgan fingerprint density at radius 2 is 1.03 bits per heavy atom. The number of Topliss-reactive ketones (excluding diaryl/α,β-unsaturated/α-hetero) is 4. The van der Waals surface area contributed by atoms with Gasteiger partial charge in [-0.2, -0.15) is 13.4 Å². The van der Waals surface area contributed by atoms with Gasteiger partial charge in [-0.1, -0.05) is 141 Å². The number of anilines is 1. The quantitative estimate of drug-likeness (QED) is 0.00952. The monoisotopic (exact) mass is 2100 g/mol. The largest absolute Gasteiger partial charge is 0.481 e. The van der Waals surface area contributed by atoms with E-state index in [4.69, 9.17) is 68.4 Å². The van der Waals surface area contributed by atoms with Gasteiger partial charge in [0.05, 0.1) is 115 Å². The smallest absolute Gasteiger partial charge is 0.394 e. The number of ether oxygens (including phenoxy) is 6. The van der Waals surface area contributed by atoms with Crippen molar-refractivity contribution < 1.29 is 113 Å². The fraction of sp³-hybridized carbons (Fsp3) is 0.327. The molecule has 12 N–H and O–H groups in total. The van der Waals surface area contributed by atoms with Crippen molar-refractivity contribution in [3.05, 3.63) is 276 Å². The number of allylic oxidation sites excluding steroid dienone is 2. The zero-order valence-corrected chi connectivity index (χ0v) is 87.7. The topological polar surface area (TPSA) is 524 Å². The molecule has 2 atom stereocenters. The molecule has 766 valence electrons. The van der Waals surface area contributed by atoms with Crippen molar-refractivity contribution in [3.63, 3.8) is 0 Å². The van der Waals surface area contributed by atoms with Gasteiger partial charge >= 0.3 is 37.0 Å². The van der Waals surface area contributed by atoms with Crippen LogP contribution in [-0.2, 0) is 67.6 Å². The SMILES string of the molecule is CC(=O)O.CCOC(=O)C1=C(COC(C)(C)C)NC2=C(C(=O)CC(c3c(C)cc(C)cc3C)C2)C1c1cccc2[nH]c(=O)sc12.CCOC(=O)CC(=O)COC(C)(C)C.CO.COC(=S)Nc1cccc(F)c1.COc1nc2cccc(C=O)c2s1.Cc1cc(C)c(C2CC(=O)CC(=O)C2)c(C)c1.Fc1cccc(N=C=S)c1.N.O=Cc1cccc2[nH]c(=O)sc12.O=Cc1cccc2[nH]c(=O)sc12.O=S(=O)(O)O. The van der Waals surface area contributed by atoms with Crippen molar-refractivity contribution >= 4 is 203 Å². The summed E-state index contributed by atoms with van der Waals surface area (Å²) in [6, 6.07) is 41.9. The molecule has 1 aliphatic heterocycles. The number of ketones is 4. The number of benzene rings is 8. The van der Waals surface area contributed by atoms with Crippen LogP contribution in [-0.4, -0.2) is 177 Å². The van der Waals surface area contributed by atoms with Crippen molar-refractivity contribution in [1.29, 1.82) is 0 Å². The number of hydrogen-bond donors (Lipinski definition) is 10. The molecule has 4 aromatic heterocycles. The van der Waals surface area contributed by atoms with Crippen LogP contribution in [0.3, 0.4) is 0 Å². The Hall–Kier alpha value is -13.0. The first-order valence-electron chi connectivity index (χ1n) is 43.4. The molecule has 12 aromatic rings. The van der Waals surface area contributed by atoms with Crippen LogP contribution < -0.4 is 36.1 Å². The average molecular weight is 2100 g/mol. The van der Waals surface area contributed by atoms with Crippen LogP contribution in [0, 0.1) is 53.2 Å². The first-order chi connectivity index (χ1) is 66.9. The predicted octanol–water partition coefficient (Wildman–Crippen LogP) is 19.4. The molecular weight excluding hydrogens is 1990 g/mol. The third-order valence-corrected chi connectivity index (χ3v) is 24.1. The lowest BCUT2D eigenvalue weighted by Gasteiger charge is -2.38. The Kier molecular flexibility index (Phi) is 50.6. The number of aromatic amines is 3. The van der Waals surface area contributed by atoms with Crippen LogP contribution in [0.25, 0.3) is 40.9 Å². The van der Waals surface area contributed by atoms with Gasteiger partial charge in [0.25, 0.3) is 16.3 Å². The molecule has 42 heteroatoms. The number of carbonyl (C=O) groups excluding carboxylic acids is 9. The standard InChI is InChI=1S/C33H38N2O5S.C15H18O2.C10H18O4.C9H7NO2S.C8H8FNOS.2C8H5NO2S.C7H4FNS.C2H4O2.CH4O.H3N.H2O4S/c1-8-39-31(37)29-24(16-40-33(5,6)7)34-23-14-20(26-18(3)12-17(2)13-19(26)4)15-25(36)28(23)27(29)21-10-9-11-22-30(21)41-32(38)35-22;1-9-4-10(2)15(11(3)5-9)12-6-13(16)8-14(17)7-12;1-5-13-9(12)6-8(11)7-14-10(2,3)4;1-12-9-10-7-4-2-3-6(5-11)8(7)13-9;1-11-8(12)10-7-4-2-3-6(9)5-7;2*10-4-5-2-1-3-6-7(5)12-8(11)9-6;8-6-2-1-3-7(4-6)9-5-10;1-2(3)4;1-2;;1-5(2,3)4/h9-13,20,27,34H,8,14-16H2,1-7H3,(H,35,38);4-5,12H,6-8H2,1-3H3;5-7H2,1-4H3;2-5H,1H3;2-5H,1H3,(H,10,12);2*1-4H,(H,9,11);1-4H;1H3,(H,3,4);2H,1H3;1H3;(H2,1,2,3,4). The lowest BCUT2D eigenvalue weighted by atomic mass is 9.70. The molecule has 15 rings (SSSR count). The highest BCUT2D eigenvalue weighted by atomic mass is 32.3. The number of esters is 2. The van der Waals surface area contributed by atoms with E-state index in [1.165, 1.54) is 87.2 Å². The third-order valence-electron chi connectivity index (χ3n) is 19.8. The summed E-state index contributed by atoms with van der Waals surface area (Å²) in [7, 11) is -0.646. The van der Waals surface area contributed by atoms with Crippen molar-refractivity contribution in [2.45, 2.75) is 171 Å². The number of fused-ring (bicyclic) bond motifs is 4. The number of hydrogen-bond acceptors (Lipinski definition) is 32. The fourth-order valence-corrected chi connectivity index (χ4v) is 18.3. The Bertz CT molecular complexity index is 6770. The third kappa shape index (κ3) is 40.7. The Balaban J connectivity index is 0.000000355. The summed E-state index contributed by atoms with van der Waals surface area (Å²) in [5, 5.41) is 23.6. The fourth-order valence-electron chi connectivity index (χ4n) is 14.8. The number of nitrogens with one attached hydrogen (secondary N) is 5. The van der Waals surface area contributed by atoms with E-state index in [-0.39, 0.29) is 111 Å². The molecule has 0 bridgehead atoms. The highest BCUT2D eigenvalue weighted by Gasteiger charge is 2.44. The molecule has 1 saturated carbocycles. The summed E-state index contributed by atoms with van der Waals surface area (Å²) in [4.78, 5) is 163. The summed E-state index contributed by atoms with van der Waals surface area (Å²) in [6.07, 6.45) is 4.29. The summed E-state index contributed by atoms with van der Waals surface area (Å²) < 4.78 is 90.9. The number of aliphatic hydroxyl groups excluding tert-OH is 1. The number of carboxylic acids is 1. The number of aliphatic imine (C=N–C) groups is 1. The number of H-pyrrole nitrogens is 3. The van der Waals surface area contributed by atoms with Gasteiger partial charge in [0.2, 0.25) is 0 Å². The lowest BCUT2D eigenvalue weighted by Crippen LogP contribution is -2.39. The highest BCUT2D eigenvalue weighted by Crippen LogP contribution is 2.49. The van der Waals surface area contributed by atoms with Gasteiger partial charge in [-0.25, -0.2) is 18.6 Å². The van der Waals surface area contributed by atoms with E-state index in [9.17, 15) is 66.3 Å². The summed E-state index contributed by atoms with van der Waals surface area (Å²) in [6.45, 7) is 29.1. The molecule has 1 fully saturated rings. The number of carbonyl (C=O) groups is 10. The second-order valence-electron chi connectivity index (χ2n) is 33.1. The number of aromatic nitrogens is 4. The van der Waals surface area contributed by atoms with Crippen LogP contribution in [0.5, 0.6) is 5.19 Å². The molecule has 0 radical (unpaired) electrons. The van der Waals surface area contributed by atoms with Gasteiger partial charge in [-0.3, -0.25) is 66.6 Å². The van der Waals surface area contributed by atoms with Gasteiger partial charge in [0.1, 0.15) is 36.2 Å². The van der Waals surface area contributed by atoms with Crippen LogP contribution in [0.1, 0.15) is 200 Å². The van der Waals surface area contributed by atoms with Gasteiger partial charge in [-0.15, -0.1) is 0 Å². The van der Waals surface area contributed by atoms with Crippen LogP contribution in [0.4, 0.5) is 20.2 Å². The molecule has 5 heterocycles. The number of aliphatic hydroxyl groups is 1. The van der Waals surface area contributed by atoms with Gasteiger partial charge in [0, 0.05) is 78.9 Å². The minimum Gasteiger partial charge on any atom is -0.481 e. The van der Waals surface area contributed by atoms with Gasteiger partial charge in [-0.05, 0) is 233 Å². The van der Waals surface area contributed by atoms with E-state index < -0.39 is 39.8 Å². The van der Waals surface area contributed by atoms with E-state index in [0.29, 0.717) is 87.9 Å². The zero-order valence-electron chi connectivity index (χ0n) is 82.0. The Morgan fingerprint density at radius 3 is 1.48 bits per heavy atom. The van der Waals surface area contributed by atoms with Crippen LogP contribution in [0.2, 0.25) is 0 Å². The van der Waals surface area contributed by atoms with E-state index in [1.54, 1.807) is 87.7 Å². The number of thiazole rings is 4. The molecule has 33 nitrogen and oxygen atoms in total. The van der Waals surface area contributed by atoms with Gasteiger partial charge < -0.3 is 70.4 Å². The maximum absolute atomic E-state index is 14.2. The summed E-state index contributed by atoms with van der Waals surface area (Å²) >= 11 is 13.7.